The molecule has 0 spiro atoms. The number of ether oxygens (including phenoxy) is 1. The van der Waals surface area contributed by atoms with Crippen molar-refractivity contribution in [2.45, 2.75) is 0 Å². The van der Waals surface area contributed by atoms with Crippen molar-refractivity contribution in [1.29, 1.82) is 0 Å². The maximum Gasteiger partial charge on any atom is 0.255 e. The summed E-state index contributed by atoms with van der Waals surface area (Å²) in [7, 11) is 0.212. The molecule has 1 saturated heterocycles. The number of rotatable bonds is 6. The summed E-state index contributed by atoms with van der Waals surface area (Å²) in [5, 5.41) is 2.65. The van der Waals surface area contributed by atoms with Crippen molar-refractivity contribution in [3.05, 3.63) is 23.9 Å². The predicted octanol–water partition coefficient (Wildman–Crippen LogP) is -0.461. The minimum Gasteiger partial charge on any atom is -0.379 e. The van der Waals surface area contributed by atoms with Gasteiger partial charge in [0.1, 0.15) is 5.82 Å². The van der Waals surface area contributed by atoms with E-state index in [1.165, 1.54) is 4.31 Å². The minimum atomic E-state index is -3.38. The van der Waals surface area contributed by atoms with E-state index in [1.807, 2.05) is 0 Å². The molecule has 0 aliphatic carbocycles. The van der Waals surface area contributed by atoms with E-state index in [-0.39, 0.29) is 18.2 Å². The van der Waals surface area contributed by atoms with Crippen molar-refractivity contribution in [2.75, 3.05) is 57.6 Å². The Hall–Kier alpha value is -1.71. The van der Waals surface area contributed by atoms with E-state index < -0.39 is 10.0 Å². The Labute approximate surface area is 136 Å². The molecule has 0 saturated carbocycles. The highest BCUT2D eigenvalue weighted by Crippen LogP contribution is 2.14. The average molecular weight is 342 g/mol. The van der Waals surface area contributed by atoms with E-state index in [0.29, 0.717) is 37.7 Å². The van der Waals surface area contributed by atoms with E-state index in [1.54, 1.807) is 37.3 Å². The zero-order valence-corrected chi connectivity index (χ0v) is 14.2. The van der Waals surface area contributed by atoms with Crippen LogP contribution in [0.5, 0.6) is 0 Å². The highest BCUT2D eigenvalue weighted by molar-refractivity contribution is 7.89. The van der Waals surface area contributed by atoms with Gasteiger partial charge in [0.15, 0.2) is 0 Å². The van der Waals surface area contributed by atoms with Crippen molar-refractivity contribution in [3.63, 3.8) is 0 Å². The molecule has 0 radical (unpaired) electrons. The first-order valence-corrected chi connectivity index (χ1v) is 8.99. The molecule has 9 heteroatoms. The molecule has 0 unspecified atom stereocenters. The molecule has 128 valence electrons. The lowest BCUT2D eigenvalue weighted by atomic mass is 10.2. The smallest absolute Gasteiger partial charge is 0.255 e. The van der Waals surface area contributed by atoms with Crippen LogP contribution < -0.4 is 10.2 Å². The van der Waals surface area contributed by atoms with Gasteiger partial charge >= 0.3 is 0 Å². The van der Waals surface area contributed by atoms with E-state index in [0.717, 1.165) is 0 Å². The topological polar surface area (TPSA) is 91.8 Å². The molecule has 23 heavy (non-hydrogen) atoms. The van der Waals surface area contributed by atoms with Gasteiger partial charge in [0.05, 0.1) is 24.5 Å². The van der Waals surface area contributed by atoms with E-state index in [2.05, 4.69) is 10.3 Å². The van der Waals surface area contributed by atoms with Crippen LogP contribution in [-0.4, -0.2) is 76.3 Å². The van der Waals surface area contributed by atoms with Gasteiger partial charge in [-0.05, 0) is 12.1 Å². The number of hydrogen-bond donors (Lipinski definition) is 1. The van der Waals surface area contributed by atoms with Crippen LogP contribution in [0.15, 0.2) is 18.3 Å². The second kappa shape index (κ2) is 7.71. The number of nitrogens with zero attached hydrogens (tertiary/aromatic N) is 3. The first-order valence-electron chi connectivity index (χ1n) is 7.38. The van der Waals surface area contributed by atoms with Gasteiger partial charge in [0, 0.05) is 39.9 Å². The highest BCUT2D eigenvalue weighted by Gasteiger charge is 2.24. The average Bonchev–Trinajstić information content (AvgIpc) is 2.55. The summed E-state index contributed by atoms with van der Waals surface area (Å²) in [4.78, 5) is 18.1. The van der Waals surface area contributed by atoms with Gasteiger partial charge in [-0.25, -0.2) is 13.4 Å². The summed E-state index contributed by atoms with van der Waals surface area (Å²) in [5.74, 6) is 0.0797. The van der Waals surface area contributed by atoms with Crippen molar-refractivity contribution >= 4 is 21.7 Å². The summed E-state index contributed by atoms with van der Waals surface area (Å²) >= 11 is 0. The lowest BCUT2D eigenvalue weighted by Gasteiger charge is -2.26. The fourth-order valence-electron chi connectivity index (χ4n) is 2.27. The quantitative estimate of drug-likeness (QED) is 0.752. The summed E-state index contributed by atoms with van der Waals surface area (Å²) in [6, 6.07) is 3.33. The Morgan fingerprint density at radius 2 is 2.09 bits per heavy atom. The SMILES string of the molecule is CN(C)c1ncccc1C(=O)NCCS(=O)(=O)N1CCOCC1. The van der Waals surface area contributed by atoms with Crippen molar-refractivity contribution in [3.8, 4) is 0 Å². The normalized spacial score (nSPS) is 16.1. The molecule has 1 aromatic heterocycles. The van der Waals surface area contributed by atoms with Crippen LogP contribution in [0.3, 0.4) is 0 Å². The van der Waals surface area contributed by atoms with Crippen LogP contribution >= 0.6 is 0 Å². The standard InChI is InChI=1S/C14H22N4O4S/c1-17(2)13-12(4-3-5-15-13)14(19)16-6-11-23(20,21)18-7-9-22-10-8-18/h3-5H,6-11H2,1-2H3,(H,16,19). The molecule has 2 rings (SSSR count). The van der Waals surface area contributed by atoms with Crippen LogP contribution in [0.1, 0.15) is 10.4 Å². The molecular weight excluding hydrogens is 320 g/mol. The lowest BCUT2D eigenvalue weighted by Crippen LogP contribution is -2.43. The van der Waals surface area contributed by atoms with E-state index in [4.69, 9.17) is 4.74 Å². The summed E-state index contributed by atoms with van der Waals surface area (Å²) in [6.07, 6.45) is 1.61. The number of carbonyl (C=O) groups excluding carboxylic acids is 1. The van der Waals surface area contributed by atoms with Gasteiger partial charge in [0.2, 0.25) is 10.0 Å². The molecule has 1 fully saturated rings. The number of amides is 1. The third kappa shape index (κ3) is 4.63. The largest absolute Gasteiger partial charge is 0.379 e. The molecule has 1 N–H and O–H groups in total. The van der Waals surface area contributed by atoms with Gasteiger partial charge in [-0.15, -0.1) is 0 Å². The number of sulfonamides is 1. The monoisotopic (exact) mass is 342 g/mol. The van der Waals surface area contributed by atoms with E-state index in [9.17, 15) is 13.2 Å². The first-order chi connectivity index (χ1) is 10.9. The first kappa shape index (κ1) is 17.6. The Bertz CT molecular complexity index is 642. The Morgan fingerprint density at radius 1 is 1.39 bits per heavy atom. The number of pyridine rings is 1. The van der Waals surface area contributed by atoms with Gasteiger partial charge in [-0.3, -0.25) is 4.79 Å². The molecule has 2 heterocycles. The fraction of sp³-hybridized carbons (Fsp3) is 0.571. The Kier molecular flexibility index (Phi) is 5.91. The molecule has 0 aromatic carbocycles. The molecule has 1 amide bonds. The summed E-state index contributed by atoms with van der Waals surface area (Å²) < 4.78 is 30.9. The Balaban J connectivity index is 1.92. The molecule has 1 aliphatic rings. The highest BCUT2D eigenvalue weighted by atomic mass is 32.2. The second-order valence-corrected chi connectivity index (χ2v) is 7.44. The maximum atomic E-state index is 12.2. The molecular formula is C14H22N4O4S. The van der Waals surface area contributed by atoms with E-state index >= 15 is 0 Å². The van der Waals surface area contributed by atoms with Crippen LogP contribution in [-0.2, 0) is 14.8 Å². The lowest BCUT2D eigenvalue weighted by molar-refractivity contribution is 0.0730. The van der Waals surface area contributed by atoms with Crippen LogP contribution in [0.4, 0.5) is 5.82 Å². The number of morpholine rings is 1. The van der Waals surface area contributed by atoms with Gasteiger partial charge in [0.25, 0.3) is 5.91 Å². The van der Waals surface area contributed by atoms with Gasteiger partial charge < -0.3 is 15.0 Å². The number of anilines is 1. The predicted molar refractivity (Wildman–Crippen MR) is 87.1 cm³/mol. The van der Waals surface area contributed by atoms with Crippen molar-refractivity contribution < 1.29 is 17.9 Å². The second-order valence-electron chi connectivity index (χ2n) is 5.35. The summed E-state index contributed by atoms with van der Waals surface area (Å²) in [6.45, 7) is 1.61. The minimum absolute atomic E-state index is 0.0558. The van der Waals surface area contributed by atoms with Gasteiger partial charge in [-0.1, -0.05) is 0 Å². The number of carbonyl (C=O) groups is 1. The molecule has 8 nitrogen and oxygen atoms in total. The van der Waals surface area contributed by atoms with Crippen LogP contribution in [0, 0.1) is 0 Å². The zero-order chi connectivity index (χ0) is 16.9. The summed E-state index contributed by atoms with van der Waals surface area (Å²) in [5.41, 5.74) is 0.418. The third-order valence-corrected chi connectivity index (χ3v) is 5.34. The van der Waals surface area contributed by atoms with Crippen molar-refractivity contribution in [1.82, 2.24) is 14.6 Å². The van der Waals surface area contributed by atoms with Gasteiger partial charge in [-0.2, -0.15) is 4.31 Å². The Morgan fingerprint density at radius 3 is 2.74 bits per heavy atom. The van der Waals surface area contributed by atoms with Crippen LogP contribution in [0.25, 0.3) is 0 Å². The van der Waals surface area contributed by atoms with Crippen LogP contribution in [0.2, 0.25) is 0 Å². The van der Waals surface area contributed by atoms with Crippen molar-refractivity contribution in [2.24, 2.45) is 0 Å². The number of nitrogens with one attached hydrogen (secondary N) is 1. The molecule has 1 aliphatic heterocycles. The number of hydrogen-bond acceptors (Lipinski definition) is 6. The third-order valence-electron chi connectivity index (χ3n) is 3.46. The zero-order valence-electron chi connectivity index (χ0n) is 13.4. The molecule has 1 aromatic rings. The fourth-order valence-corrected chi connectivity index (χ4v) is 3.60. The molecule has 0 bridgehead atoms. The number of aromatic nitrogens is 1. The maximum absolute atomic E-state index is 12.2. The molecule has 0 atom stereocenters.